The molecular formula is C14H14F3N3O2. The minimum absolute atomic E-state index is 0.178. The summed E-state index contributed by atoms with van der Waals surface area (Å²) in [7, 11) is 1.06. The summed E-state index contributed by atoms with van der Waals surface area (Å²) in [5.74, 6) is -1.12. The van der Waals surface area contributed by atoms with E-state index < -0.39 is 24.1 Å². The number of amides is 1. The minimum atomic E-state index is -4.72. The van der Waals surface area contributed by atoms with Crippen LogP contribution in [0.15, 0.2) is 35.2 Å². The normalized spacial score (nSPS) is 26.2. The standard InChI is InChI=1S/C14H14F3N3O2/c1-8-5-10(4-3-9(8)7-18)20-12(21)6-11(14(15,16)17)19(2)13(20)22/h3-4,6,8,13,22H,5H2,1-2H3. The molecule has 1 N–H and O–H groups in total. The lowest BCUT2D eigenvalue weighted by Crippen LogP contribution is -2.54. The molecule has 0 saturated heterocycles. The Morgan fingerprint density at radius 1 is 1.41 bits per heavy atom. The second-order valence-corrected chi connectivity index (χ2v) is 5.19. The number of nitriles is 1. The molecule has 22 heavy (non-hydrogen) atoms. The average molecular weight is 313 g/mol. The van der Waals surface area contributed by atoms with Crippen molar-refractivity contribution in [3.8, 4) is 6.07 Å². The van der Waals surface area contributed by atoms with Crippen LogP contribution < -0.4 is 0 Å². The summed E-state index contributed by atoms with van der Waals surface area (Å²) in [6, 6.07) is 2.01. The SMILES string of the molecule is CC1CC(N2C(=O)C=C(C(F)(F)F)N(C)C2O)=CC=C1C#N. The third-order valence-corrected chi connectivity index (χ3v) is 3.69. The van der Waals surface area contributed by atoms with Gasteiger partial charge in [-0.2, -0.15) is 18.4 Å². The Labute approximate surface area is 125 Å². The van der Waals surface area contributed by atoms with Crippen LogP contribution in [-0.4, -0.2) is 40.4 Å². The number of allylic oxidation sites excluding steroid dienone is 5. The first-order chi connectivity index (χ1) is 10.2. The molecule has 0 aromatic rings. The molecule has 1 heterocycles. The Hall–Kier alpha value is -2.27. The topological polar surface area (TPSA) is 67.6 Å². The second-order valence-electron chi connectivity index (χ2n) is 5.19. The summed E-state index contributed by atoms with van der Waals surface area (Å²) < 4.78 is 38.4. The van der Waals surface area contributed by atoms with Crippen molar-refractivity contribution in [2.75, 3.05) is 7.05 Å². The molecule has 1 aliphatic heterocycles. The van der Waals surface area contributed by atoms with E-state index in [1.807, 2.05) is 6.07 Å². The summed E-state index contributed by atoms with van der Waals surface area (Å²) >= 11 is 0. The zero-order valence-corrected chi connectivity index (χ0v) is 11.9. The fourth-order valence-corrected chi connectivity index (χ4v) is 2.44. The average Bonchev–Trinajstić information content (AvgIpc) is 2.42. The van der Waals surface area contributed by atoms with Gasteiger partial charge in [0, 0.05) is 24.4 Å². The van der Waals surface area contributed by atoms with Gasteiger partial charge >= 0.3 is 6.18 Å². The number of aliphatic hydroxyl groups excluding tert-OH is 1. The highest BCUT2D eigenvalue weighted by molar-refractivity contribution is 5.91. The first-order valence-electron chi connectivity index (χ1n) is 6.50. The lowest BCUT2D eigenvalue weighted by molar-refractivity contribution is -0.168. The first-order valence-corrected chi connectivity index (χ1v) is 6.50. The van der Waals surface area contributed by atoms with Gasteiger partial charge in [-0.3, -0.25) is 9.69 Å². The number of halogens is 3. The molecule has 118 valence electrons. The quantitative estimate of drug-likeness (QED) is 0.802. The molecular weight excluding hydrogens is 299 g/mol. The molecule has 0 fully saturated rings. The number of rotatable bonds is 1. The van der Waals surface area contributed by atoms with Crippen LogP contribution in [0.2, 0.25) is 0 Å². The predicted octanol–water partition coefficient (Wildman–Crippen LogP) is 1.86. The number of hydrogen-bond acceptors (Lipinski definition) is 4. The molecule has 2 unspecified atom stereocenters. The van der Waals surface area contributed by atoms with Crippen molar-refractivity contribution < 1.29 is 23.1 Å². The molecule has 5 nitrogen and oxygen atoms in total. The lowest BCUT2D eigenvalue weighted by atomic mass is 9.91. The van der Waals surface area contributed by atoms with Crippen LogP contribution >= 0.6 is 0 Å². The fourth-order valence-electron chi connectivity index (χ4n) is 2.44. The molecule has 0 bridgehead atoms. The number of nitrogens with zero attached hydrogens (tertiary/aromatic N) is 3. The smallest absolute Gasteiger partial charge is 0.356 e. The van der Waals surface area contributed by atoms with Crippen molar-refractivity contribution in [1.29, 1.82) is 5.26 Å². The highest BCUT2D eigenvalue weighted by atomic mass is 19.4. The predicted molar refractivity (Wildman–Crippen MR) is 70.3 cm³/mol. The highest BCUT2D eigenvalue weighted by Gasteiger charge is 2.45. The molecule has 2 rings (SSSR count). The summed E-state index contributed by atoms with van der Waals surface area (Å²) in [4.78, 5) is 13.5. The van der Waals surface area contributed by atoms with E-state index in [0.717, 1.165) is 11.9 Å². The van der Waals surface area contributed by atoms with Gasteiger partial charge in [-0.15, -0.1) is 0 Å². The number of aliphatic hydroxyl groups is 1. The molecule has 0 saturated carbocycles. The van der Waals surface area contributed by atoms with Crippen LogP contribution in [0.25, 0.3) is 0 Å². The maximum Gasteiger partial charge on any atom is 0.431 e. The van der Waals surface area contributed by atoms with Gasteiger partial charge in [0.1, 0.15) is 5.70 Å². The largest absolute Gasteiger partial charge is 0.431 e. The summed E-state index contributed by atoms with van der Waals surface area (Å²) in [6.07, 6.45) is -2.75. The maximum absolute atomic E-state index is 12.8. The molecule has 0 aromatic carbocycles. The van der Waals surface area contributed by atoms with E-state index in [1.54, 1.807) is 6.92 Å². The molecule has 1 aliphatic carbocycles. The number of carbonyl (C=O) groups excluding carboxylic acids is 1. The molecule has 0 aromatic heterocycles. The molecule has 0 radical (unpaired) electrons. The monoisotopic (exact) mass is 313 g/mol. The zero-order valence-electron chi connectivity index (χ0n) is 11.9. The van der Waals surface area contributed by atoms with Gasteiger partial charge in [0.05, 0.1) is 6.07 Å². The third-order valence-electron chi connectivity index (χ3n) is 3.69. The lowest BCUT2D eigenvalue weighted by Gasteiger charge is -2.41. The van der Waals surface area contributed by atoms with Gasteiger partial charge in [0.2, 0.25) is 6.35 Å². The van der Waals surface area contributed by atoms with Crippen LogP contribution in [0.3, 0.4) is 0 Å². The second kappa shape index (κ2) is 5.50. The Balaban J connectivity index is 2.37. The van der Waals surface area contributed by atoms with E-state index in [0.29, 0.717) is 22.2 Å². The van der Waals surface area contributed by atoms with Crippen LogP contribution in [0.5, 0.6) is 0 Å². The van der Waals surface area contributed by atoms with Gasteiger partial charge in [-0.05, 0) is 24.5 Å². The van der Waals surface area contributed by atoms with Crippen LogP contribution in [0, 0.1) is 17.2 Å². The fraction of sp³-hybridized carbons (Fsp3) is 0.429. The Morgan fingerprint density at radius 3 is 2.55 bits per heavy atom. The van der Waals surface area contributed by atoms with Crippen LogP contribution in [-0.2, 0) is 4.79 Å². The van der Waals surface area contributed by atoms with Gasteiger partial charge in [0.15, 0.2) is 0 Å². The number of carbonyl (C=O) groups is 1. The summed E-state index contributed by atoms with van der Waals surface area (Å²) in [5.41, 5.74) is -0.310. The Kier molecular flexibility index (Phi) is 4.02. The summed E-state index contributed by atoms with van der Waals surface area (Å²) in [6.45, 7) is 1.77. The van der Waals surface area contributed by atoms with Gasteiger partial charge < -0.3 is 10.0 Å². The molecule has 1 amide bonds. The van der Waals surface area contributed by atoms with Crippen molar-refractivity contribution in [2.24, 2.45) is 5.92 Å². The highest BCUT2D eigenvalue weighted by Crippen LogP contribution is 2.35. The van der Waals surface area contributed by atoms with E-state index in [4.69, 9.17) is 5.26 Å². The molecule has 8 heteroatoms. The van der Waals surface area contributed by atoms with E-state index in [2.05, 4.69) is 0 Å². The first kappa shape index (κ1) is 16.1. The van der Waals surface area contributed by atoms with Crippen molar-refractivity contribution in [2.45, 2.75) is 25.9 Å². The van der Waals surface area contributed by atoms with E-state index >= 15 is 0 Å². The minimum Gasteiger partial charge on any atom is -0.356 e. The number of hydrogen-bond donors (Lipinski definition) is 1. The van der Waals surface area contributed by atoms with Gasteiger partial charge in [0.25, 0.3) is 5.91 Å². The Bertz CT molecular complexity index is 628. The Morgan fingerprint density at radius 2 is 2.05 bits per heavy atom. The van der Waals surface area contributed by atoms with Gasteiger partial charge in [-0.25, -0.2) is 0 Å². The van der Waals surface area contributed by atoms with Crippen LogP contribution in [0.4, 0.5) is 13.2 Å². The summed E-state index contributed by atoms with van der Waals surface area (Å²) in [5, 5.41) is 19.0. The van der Waals surface area contributed by atoms with E-state index in [1.165, 1.54) is 12.2 Å². The van der Waals surface area contributed by atoms with Gasteiger partial charge in [-0.1, -0.05) is 6.92 Å². The van der Waals surface area contributed by atoms with Crippen LogP contribution in [0.1, 0.15) is 13.3 Å². The van der Waals surface area contributed by atoms with E-state index in [9.17, 15) is 23.1 Å². The molecule has 0 spiro atoms. The van der Waals surface area contributed by atoms with Crippen molar-refractivity contribution in [3.05, 3.63) is 35.2 Å². The van der Waals surface area contributed by atoms with Crippen molar-refractivity contribution in [1.82, 2.24) is 9.80 Å². The van der Waals surface area contributed by atoms with Crippen molar-refractivity contribution >= 4 is 5.91 Å². The number of alkyl halides is 3. The molecule has 2 aliphatic rings. The maximum atomic E-state index is 12.8. The third kappa shape index (κ3) is 2.72. The zero-order chi connectivity index (χ0) is 16.7. The van der Waals surface area contributed by atoms with Crippen molar-refractivity contribution in [3.63, 3.8) is 0 Å². The van der Waals surface area contributed by atoms with E-state index in [-0.39, 0.29) is 12.3 Å². The molecule has 2 atom stereocenters.